The third-order valence-electron chi connectivity index (χ3n) is 6.60. The number of fused-ring (bicyclic) bond motifs is 1. The van der Waals surface area contributed by atoms with Crippen LogP contribution in [0, 0.1) is 23.2 Å². The second-order valence-corrected chi connectivity index (χ2v) is 9.25. The van der Waals surface area contributed by atoms with E-state index in [2.05, 4.69) is 23.2 Å². The zero-order valence-electron chi connectivity index (χ0n) is 13.9. The average molecular weight is 337 g/mol. The van der Waals surface area contributed by atoms with E-state index in [1.807, 2.05) is 18.3 Å². The van der Waals surface area contributed by atoms with Crippen molar-refractivity contribution >= 4 is 28.4 Å². The molecule has 2 aromatic rings. The fourth-order valence-electron chi connectivity index (χ4n) is 5.94. The topological polar surface area (TPSA) is 30.0 Å². The Bertz CT molecular complexity index is 759. The van der Waals surface area contributed by atoms with Crippen LogP contribution in [0.1, 0.15) is 38.5 Å². The van der Waals surface area contributed by atoms with Gasteiger partial charge in [-0.05, 0) is 68.4 Å². The van der Waals surface area contributed by atoms with Gasteiger partial charge in [0.1, 0.15) is 5.78 Å². The Hall–Kier alpha value is -1.35. The van der Waals surface area contributed by atoms with Gasteiger partial charge in [-0.2, -0.15) is 0 Å². The van der Waals surface area contributed by atoms with Crippen molar-refractivity contribution in [2.45, 2.75) is 43.4 Å². The highest BCUT2D eigenvalue weighted by atomic mass is 32.2. The molecule has 124 valence electrons. The maximum atomic E-state index is 13.2. The molecule has 4 aliphatic carbocycles. The molecule has 0 aliphatic heterocycles. The molecule has 0 N–H and O–H groups in total. The molecule has 0 atom stereocenters. The second kappa shape index (κ2) is 5.59. The first-order chi connectivity index (χ1) is 11.7. The highest BCUT2D eigenvalue weighted by molar-refractivity contribution is 8.00. The Morgan fingerprint density at radius 2 is 1.71 bits per heavy atom. The molecule has 1 aromatic carbocycles. The van der Waals surface area contributed by atoms with Crippen molar-refractivity contribution in [3.63, 3.8) is 0 Å². The van der Waals surface area contributed by atoms with Crippen molar-refractivity contribution in [3.8, 4) is 0 Å². The molecule has 2 nitrogen and oxygen atoms in total. The van der Waals surface area contributed by atoms with Crippen LogP contribution in [0.2, 0.25) is 0 Å². The average Bonchev–Trinajstić information content (AvgIpc) is 2.58. The summed E-state index contributed by atoms with van der Waals surface area (Å²) in [5.74, 6) is 3.67. The number of hydrogen-bond donors (Lipinski definition) is 0. The predicted octanol–water partition coefficient (Wildman–Crippen LogP) is 5.11. The minimum absolute atomic E-state index is 0.0323. The number of carbonyl (C=O) groups is 1. The minimum atomic E-state index is 0.0323. The molecule has 24 heavy (non-hydrogen) atoms. The molecule has 4 aliphatic rings. The Morgan fingerprint density at radius 1 is 1.04 bits per heavy atom. The first kappa shape index (κ1) is 14.9. The minimum Gasteiger partial charge on any atom is -0.298 e. The number of benzene rings is 1. The summed E-state index contributed by atoms with van der Waals surface area (Å²) in [6, 6.07) is 10.3. The number of thioether (sulfide) groups is 1. The number of ketones is 1. The Balaban J connectivity index is 1.36. The van der Waals surface area contributed by atoms with E-state index < -0.39 is 0 Å². The Morgan fingerprint density at radius 3 is 2.42 bits per heavy atom. The molecule has 4 saturated carbocycles. The van der Waals surface area contributed by atoms with Crippen LogP contribution in [0.15, 0.2) is 41.4 Å². The van der Waals surface area contributed by atoms with Gasteiger partial charge in [0.05, 0.1) is 11.3 Å². The van der Waals surface area contributed by atoms with E-state index in [1.165, 1.54) is 48.8 Å². The largest absolute Gasteiger partial charge is 0.298 e. The van der Waals surface area contributed by atoms with E-state index in [-0.39, 0.29) is 5.41 Å². The standard InChI is InChI=1S/C21H23NOS/c23-20(21-10-14-7-15(11-21)9-16(8-14)12-21)13-24-19-5-6-22-18-4-2-1-3-17(18)19/h1-6,14-16H,7-13H2. The zero-order chi connectivity index (χ0) is 16.1. The van der Waals surface area contributed by atoms with Crippen LogP contribution in [-0.4, -0.2) is 16.5 Å². The lowest BCUT2D eigenvalue weighted by Crippen LogP contribution is -2.50. The van der Waals surface area contributed by atoms with E-state index in [0.717, 1.165) is 23.3 Å². The highest BCUT2D eigenvalue weighted by Crippen LogP contribution is 2.60. The smallest absolute Gasteiger partial charge is 0.149 e. The van der Waals surface area contributed by atoms with Gasteiger partial charge in [-0.15, -0.1) is 11.8 Å². The van der Waals surface area contributed by atoms with E-state index in [1.54, 1.807) is 11.8 Å². The summed E-state index contributed by atoms with van der Waals surface area (Å²) in [7, 11) is 0. The van der Waals surface area contributed by atoms with Crippen molar-refractivity contribution in [1.82, 2.24) is 4.98 Å². The van der Waals surface area contributed by atoms with Crippen LogP contribution in [-0.2, 0) is 4.79 Å². The lowest BCUT2D eigenvalue weighted by atomic mass is 9.48. The van der Waals surface area contributed by atoms with Crippen LogP contribution in [0.5, 0.6) is 0 Å². The number of para-hydroxylation sites is 1. The van der Waals surface area contributed by atoms with Gasteiger partial charge in [-0.3, -0.25) is 9.78 Å². The summed E-state index contributed by atoms with van der Waals surface area (Å²) in [5, 5.41) is 1.17. The van der Waals surface area contributed by atoms with Crippen molar-refractivity contribution in [3.05, 3.63) is 36.5 Å². The summed E-state index contributed by atoms with van der Waals surface area (Å²) in [6.07, 6.45) is 9.58. The van der Waals surface area contributed by atoms with Gasteiger partial charge in [0.15, 0.2) is 0 Å². The second-order valence-electron chi connectivity index (χ2n) is 8.24. The molecule has 0 spiro atoms. The summed E-state index contributed by atoms with van der Waals surface area (Å²) < 4.78 is 0. The van der Waals surface area contributed by atoms with Gasteiger partial charge in [0, 0.05) is 21.9 Å². The van der Waals surface area contributed by atoms with Crippen LogP contribution in [0.3, 0.4) is 0 Å². The van der Waals surface area contributed by atoms with Gasteiger partial charge in [0.2, 0.25) is 0 Å². The van der Waals surface area contributed by atoms with Gasteiger partial charge in [0.25, 0.3) is 0 Å². The molecule has 1 aromatic heterocycles. The first-order valence-corrected chi connectivity index (χ1v) is 10.2. The first-order valence-electron chi connectivity index (χ1n) is 9.22. The predicted molar refractivity (Wildman–Crippen MR) is 98.1 cm³/mol. The van der Waals surface area contributed by atoms with E-state index in [9.17, 15) is 4.79 Å². The molecule has 0 saturated heterocycles. The van der Waals surface area contributed by atoms with Crippen LogP contribution in [0.4, 0.5) is 0 Å². The van der Waals surface area contributed by atoms with Gasteiger partial charge >= 0.3 is 0 Å². The molecule has 0 amide bonds. The summed E-state index contributed by atoms with van der Waals surface area (Å²) in [6.45, 7) is 0. The van der Waals surface area contributed by atoms with E-state index in [4.69, 9.17) is 0 Å². The van der Waals surface area contributed by atoms with Crippen LogP contribution >= 0.6 is 11.8 Å². The van der Waals surface area contributed by atoms with Gasteiger partial charge < -0.3 is 0 Å². The fourth-order valence-corrected chi connectivity index (χ4v) is 7.02. The number of aromatic nitrogens is 1. The molecular formula is C21H23NOS. The summed E-state index contributed by atoms with van der Waals surface area (Å²) in [4.78, 5) is 18.8. The zero-order valence-corrected chi connectivity index (χ0v) is 14.7. The normalized spacial score (nSPS) is 33.9. The SMILES string of the molecule is O=C(CSc1ccnc2ccccc12)C12CC3CC(CC(C3)C1)C2. The Kier molecular flexibility index (Phi) is 3.48. The van der Waals surface area contributed by atoms with Crippen molar-refractivity contribution in [1.29, 1.82) is 0 Å². The molecule has 4 fully saturated rings. The van der Waals surface area contributed by atoms with Crippen molar-refractivity contribution in [2.75, 3.05) is 5.75 Å². The molecular weight excluding hydrogens is 314 g/mol. The monoisotopic (exact) mass is 337 g/mol. The van der Waals surface area contributed by atoms with E-state index >= 15 is 0 Å². The third-order valence-corrected chi connectivity index (χ3v) is 7.67. The fraction of sp³-hybridized carbons (Fsp3) is 0.524. The lowest BCUT2D eigenvalue weighted by Gasteiger charge is -2.56. The number of rotatable bonds is 4. The Labute approximate surface area is 147 Å². The lowest BCUT2D eigenvalue weighted by molar-refractivity contribution is -0.141. The third kappa shape index (κ3) is 2.40. The van der Waals surface area contributed by atoms with E-state index in [0.29, 0.717) is 11.5 Å². The van der Waals surface area contributed by atoms with Gasteiger partial charge in [-0.1, -0.05) is 18.2 Å². The molecule has 3 heteroatoms. The molecule has 6 rings (SSSR count). The maximum Gasteiger partial charge on any atom is 0.149 e. The molecule has 1 heterocycles. The number of Topliss-reactive ketones (excluding diaryl/α,β-unsaturated/α-hetero) is 1. The maximum absolute atomic E-state index is 13.2. The number of pyridine rings is 1. The number of nitrogens with zero attached hydrogens (tertiary/aromatic N) is 1. The summed E-state index contributed by atoms with van der Waals surface area (Å²) in [5.41, 5.74) is 1.05. The van der Waals surface area contributed by atoms with Crippen molar-refractivity contribution < 1.29 is 4.79 Å². The highest BCUT2D eigenvalue weighted by Gasteiger charge is 2.53. The molecule has 4 bridgehead atoms. The van der Waals surface area contributed by atoms with Gasteiger partial charge in [-0.25, -0.2) is 0 Å². The number of carbonyl (C=O) groups excluding carboxylic acids is 1. The molecule has 0 unspecified atom stereocenters. The summed E-state index contributed by atoms with van der Waals surface area (Å²) >= 11 is 1.72. The van der Waals surface area contributed by atoms with Crippen LogP contribution in [0.25, 0.3) is 10.9 Å². The number of hydrogen-bond acceptors (Lipinski definition) is 3. The quantitative estimate of drug-likeness (QED) is 0.726. The molecule has 0 radical (unpaired) electrons. The van der Waals surface area contributed by atoms with Crippen LogP contribution < -0.4 is 0 Å². The van der Waals surface area contributed by atoms with Crippen molar-refractivity contribution in [2.24, 2.45) is 23.2 Å².